The summed E-state index contributed by atoms with van der Waals surface area (Å²) in [7, 11) is 1.30. The third-order valence-electron chi connectivity index (χ3n) is 2.71. The fourth-order valence-corrected chi connectivity index (χ4v) is 1.82. The van der Waals surface area contributed by atoms with Crippen LogP contribution < -0.4 is 4.90 Å². The number of benzene rings is 1. The predicted octanol–water partition coefficient (Wildman–Crippen LogP) is 2.29. The first-order valence-corrected chi connectivity index (χ1v) is 6.06. The van der Waals surface area contributed by atoms with Gasteiger partial charge in [-0.3, -0.25) is 14.9 Å². The van der Waals surface area contributed by atoms with Crippen LogP contribution in [-0.4, -0.2) is 31.1 Å². The van der Waals surface area contributed by atoms with E-state index in [1.54, 1.807) is 24.0 Å². The van der Waals surface area contributed by atoms with Crippen LogP contribution in [0.5, 0.6) is 0 Å². The monoisotopic (exact) mass is 266 g/mol. The van der Waals surface area contributed by atoms with Gasteiger partial charge in [0.05, 0.1) is 12.0 Å². The fourth-order valence-electron chi connectivity index (χ4n) is 1.82. The number of carbonyl (C=O) groups excluding carboxylic acids is 1. The zero-order chi connectivity index (χ0) is 14.4. The highest BCUT2D eigenvalue weighted by atomic mass is 16.6. The standard InChI is InChI=1S/C13H18N2O4/c1-4-7-14(9-13(16)19-3)11-6-5-10(2)8-12(11)15(17)18/h5-6,8H,4,7,9H2,1-3H3. The van der Waals surface area contributed by atoms with E-state index in [1.165, 1.54) is 13.2 Å². The molecule has 104 valence electrons. The maximum atomic E-state index is 11.4. The molecule has 0 fully saturated rings. The molecule has 1 aromatic carbocycles. The van der Waals surface area contributed by atoms with E-state index in [1.807, 2.05) is 6.92 Å². The number of esters is 1. The van der Waals surface area contributed by atoms with Crippen molar-refractivity contribution in [2.75, 3.05) is 25.1 Å². The third kappa shape index (κ3) is 3.94. The number of ether oxygens (including phenoxy) is 1. The van der Waals surface area contributed by atoms with E-state index < -0.39 is 10.9 Å². The minimum absolute atomic E-state index is 0.00818. The molecule has 0 unspecified atom stereocenters. The molecule has 19 heavy (non-hydrogen) atoms. The maximum Gasteiger partial charge on any atom is 0.325 e. The molecule has 0 bridgehead atoms. The van der Waals surface area contributed by atoms with Crippen LogP contribution in [0.25, 0.3) is 0 Å². The lowest BCUT2D eigenvalue weighted by molar-refractivity contribution is -0.384. The molecule has 0 aliphatic heterocycles. The van der Waals surface area contributed by atoms with Crippen LogP contribution in [0.15, 0.2) is 18.2 Å². The molecular formula is C13H18N2O4. The highest BCUT2D eigenvalue weighted by molar-refractivity contribution is 5.77. The summed E-state index contributed by atoms with van der Waals surface area (Å²) in [5, 5.41) is 11.1. The molecule has 1 rings (SSSR count). The summed E-state index contributed by atoms with van der Waals surface area (Å²) in [4.78, 5) is 23.7. The molecule has 0 saturated heterocycles. The van der Waals surface area contributed by atoms with Gasteiger partial charge in [-0.05, 0) is 25.0 Å². The van der Waals surface area contributed by atoms with Crippen LogP contribution in [0.4, 0.5) is 11.4 Å². The van der Waals surface area contributed by atoms with Crippen LogP contribution >= 0.6 is 0 Å². The van der Waals surface area contributed by atoms with Crippen molar-refractivity contribution in [3.05, 3.63) is 33.9 Å². The molecule has 0 aliphatic rings. The average molecular weight is 266 g/mol. The minimum Gasteiger partial charge on any atom is -0.468 e. The van der Waals surface area contributed by atoms with Gasteiger partial charge in [-0.15, -0.1) is 0 Å². The summed E-state index contributed by atoms with van der Waals surface area (Å²) < 4.78 is 4.62. The zero-order valence-electron chi connectivity index (χ0n) is 11.4. The summed E-state index contributed by atoms with van der Waals surface area (Å²) in [6, 6.07) is 4.98. The Kier molecular flexibility index (Phi) is 5.29. The third-order valence-corrected chi connectivity index (χ3v) is 2.71. The Hall–Kier alpha value is -2.11. The van der Waals surface area contributed by atoms with Crippen LogP contribution in [-0.2, 0) is 9.53 Å². The number of aryl methyl sites for hydroxylation is 1. The summed E-state index contributed by atoms with van der Waals surface area (Å²) in [5.41, 5.74) is 1.27. The second-order valence-electron chi connectivity index (χ2n) is 4.25. The van der Waals surface area contributed by atoms with Crippen molar-refractivity contribution in [1.82, 2.24) is 0 Å². The fraction of sp³-hybridized carbons (Fsp3) is 0.462. The summed E-state index contributed by atoms with van der Waals surface area (Å²) in [6.07, 6.45) is 0.780. The van der Waals surface area contributed by atoms with Crippen LogP contribution in [0.3, 0.4) is 0 Å². The Morgan fingerprint density at radius 2 is 2.16 bits per heavy atom. The second-order valence-corrected chi connectivity index (χ2v) is 4.25. The molecule has 0 saturated carbocycles. The van der Waals surface area contributed by atoms with E-state index >= 15 is 0 Å². The largest absolute Gasteiger partial charge is 0.468 e. The molecule has 1 aromatic rings. The summed E-state index contributed by atoms with van der Waals surface area (Å²) in [5.74, 6) is -0.414. The average Bonchev–Trinajstić information content (AvgIpc) is 2.38. The number of methoxy groups -OCH3 is 1. The number of carbonyl (C=O) groups is 1. The van der Waals surface area contributed by atoms with E-state index in [4.69, 9.17) is 0 Å². The highest BCUT2D eigenvalue weighted by Gasteiger charge is 2.21. The Morgan fingerprint density at radius 1 is 1.47 bits per heavy atom. The Labute approximate surface area is 112 Å². The molecule has 0 N–H and O–H groups in total. The van der Waals surface area contributed by atoms with Crippen LogP contribution in [0.2, 0.25) is 0 Å². The van der Waals surface area contributed by atoms with Crippen molar-refractivity contribution in [2.45, 2.75) is 20.3 Å². The second kappa shape index (κ2) is 6.72. The summed E-state index contributed by atoms with van der Waals surface area (Å²) >= 11 is 0. The Morgan fingerprint density at radius 3 is 2.68 bits per heavy atom. The van der Waals surface area contributed by atoms with Crippen LogP contribution in [0.1, 0.15) is 18.9 Å². The number of nitrogens with zero attached hydrogens (tertiary/aromatic N) is 2. The molecule has 6 nitrogen and oxygen atoms in total. The summed E-state index contributed by atoms with van der Waals surface area (Å²) in [6.45, 7) is 4.30. The van der Waals surface area contributed by atoms with Crippen molar-refractivity contribution >= 4 is 17.3 Å². The zero-order valence-corrected chi connectivity index (χ0v) is 11.4. The molecule has 0 radical (unpaired) electrons. The number of rotatable bonds is 6. The molecule has 0 atom stereocenters. The lowest BCUT2D eigenvalue weighted by Crippen LogP contribution is -2.31. The van der Waals surface area contributed by atoms with Gasteiger partial charge in [0.2, 0.25) is 0 Å². The molecule has 6 heteroatoms. The van der Waals surface area contributed by atoms with E-state index in [2.05, 4.69) is 4.74 Å². The Bertz CT molecular complexity index is 474. The highest BCUT2D eigenvalue weighted by Crippen LogP contribution is 2.29. The lowest BCUT2D eigenvalue weighted by atomic mass is 10.1. The SMILES string of the molecule is CCCN(CC(=O)OC)c1ccc(C)cc1[N+](=O)[O-]. The van der Waals surface area contributed by atoms with Gasteiger partial charge in [0.1, 0.15) is 12.2 Å². The van der Waals surface area contributed by atoms with E-state index in [-0.39, 0.29) is 12.2 Å². The number of nitro groups is 1. The van der Waals surface area contributed by atoms with Crippen molar-refractivity contribution < 1.29 is 14.5 Å². The van der Waals surface area contributed by atoms with Crippen molar-refractivity contribution in [3.8, 4) is 0 Å². The lowest BCUT2D eigenvalue weighted by Gasteiger charge is -2.22. The predicted molar refractivity (Wildman–Crippen MR) is 72.4 cm³/mol. The van der Waals surface area contributed by atoms with Gasteiger partial charge >= 0.3 is 5.97 Å². The number of nitro benzene ring substituents is 1. The van der Waals surface area contributed by atoms with Crippen molar-refractivity contribution in [2.24, 2.45) is 0 Å². The maximum absolute atomic E-state index is 11.4. The van der Waals surface area contributed by atoms with Crippen molar-refractivity contribution in [1.29, 1.82) is 0 Å². The van der Waals surface area contributed by atoms with Gasteiger partial charge in [-0.2, -0.15) is 0 Å². The molecule has 0 amide bonds. The van der Waals surface area contributed by atoms with Gasteiger partial charge in [-0.25, -0.2) is 0 Å². The quantitative estimate of drug-likeness (QED) is 0.448. The molecule has 0 heterocycles. The number of anilines is 1. The van der Waals surface area contributed by atoms with Gasteiger partial charge in [-0.1, -0.05) is 13.0 Å². The first kappa shape index (κ1) is 14.9. The van der Waals surface area contributed by atoms with Gasteiger partial charge in [0.25, 0.3) is 5.69 Å². The van der Waals surface area contributed by atoms with Gasteiger partial charge < -0.3 is 9.64 Å². The Balaban J connectivity index is 3.14. The van der Waals surface area contributed by atoms with E-state index in [9.17, 15) is 14.9 Å². The van der Waals surface area contributed by atoms with Gasteiger partial charge in [0.15, 0.2) is 0 Å². The number of hydrogen-bond donors (Lipinski definition) is 0. The van der Waals surface area contributed by atoms with Crippen molar-refractivity contribution in [3.63, 3.8) is 0 Å². The topological polar surface area (TPSA) is 72.7 Å². The number of hydrogen-bond acceptors (Lipinski definition) is 5. The van der Waals surface area contributed by atoms with Gasteiger partial charge in [0, 0.05) is 12.6 Å². The molecule has 0 aromatic heterocycles. The first-order valence-electron chi connectivity index (χ1n) is 6.06. The molecule has 0 aliphatic carbocycles. The van der Waals surface area contributed by atoms with E-state index in [0.29, 0.717) is 12.2 Å². The smallest absolute Gasteiger partial charge is 0.325 e. The van der Waals surface area contributed by atoms with E-state index in [0.717, 1.165) is 12.0 Å². The van der Waals surface area contributed by atoms with Crippen LogP contribution in [0, 0.1) is 17.0 Å². The normalized spacial score (nSPS) is 10.1. The minimum atomic E-state index is -0.428. The molecular weight excluding hydrogens is 248 g/mol. The first-order chi connectivity index (χ1) is 8.99. The molecule has 0 spiro atoms.